The van der Waals surface area contributed by atoms with Gasteiger partial charge < -0.3 is 4.74 Å². The summed E-state index contributed by atoms with van der Waals surface area (Å²) in [5, 5.41) is 2.46. The highest BCUT2D eigenvalue weighted by molar-refractivity contribution is 5.94. The fourth-order valence-electron chi connectivity index (χ4n) is 4.32. The van der Waals surface area contributed by atoms with E-state index in [1.165, 1.54) is 16.3 Å². The zero-order valence-electron chi connectivity index (χ0n) is 16.6. The molecule has 0 aromatic heterocycles. The summed E-state index contributed by atoms with van der Waals surface area (Å²) in [6.07, 6.45) is 6.70. The fraction of sp³-hybridized carbons (Fsp3) is 0.143. The third-order valence-corrected chi connectivity index (χ3v) is 5.81. The molecule has 0 bridgehead atoms. The van der Waals surface area contributed by atoms with E-state index in [4.69, 9.17) is 4.74 Å². The first-order valence-corrected chi connectivity index (χ1v) is 10.3. The summed E-state index contributed by atoms with van der Waals surface area (Å²) in [6, 6.07) is 32.1. The Hall–Kier alpha value is -3.32. The molecule has 1 heteroatoms. The summed E-state index contributed by atoms with van der Waals surface area (Å²) in [7, 11) is 0. The van der Waals surface area contributed by atoms with E-state index in [2.05, 4.69) is 110 Å². The normalized spacial score (nSPS) is 17.7. The third-order valence-electron chi connectivity index (χ3n) is 5.81. The van der Waals surface area contributed by atoms with Gasteiger partial charge in [0.25, 0.3) is 0 Å². The van der Waals surface area contributed by atoms with E-state index in [1.54, 1.807) is 0 Å². The Kier molecular flexibility index (Phi) is 4.44. The molecule has 0 saturated heterocycles. The smallest absolute Gasteiger partial charge is 0.178 e. The highest BCUT2D eigenvalue weighted by Gasteiger charge is 2.37. The van der Waals surface area contributed by atoms with Gasteiger partial charge in [0.1, 0.15) is 5.75 Å². The molecule has 0 N–H and O–H groups in total. The minimum Gasteiger partial charge on any atom is -0.473 e. The molecule has 1 heterocycles. The van der Waals surface area contributed by atoms with Crippen LogP contribution < -0.4 is 4.74 Å². The van der Waals surface area contributed by atoms with Crippen LogP contribution >= 0.6 is 0 Å². The first-order valence-electron chi connectivity index (χ1n) is 10.3. The van der Waals surface area contributed by atoms with Gasteiger partial charge in [-0.1, -0.05) is 98.3 Å². The molecule has 0 spiro atoms. The molecule has 142 valence electrons. The van der Waals surface area contributed by atoms with Gasteiger partial charge in [0.2, 0.25) is 0 Å². The maximum absolute atomic E-state index is 6.81. The second-order valence-corrected chi connectivity index (χ2v) is 7.68. The number of hydrogen-bond donors (Lipinski definition) is 0. The molecule has 1 unspecified atom stereocenters. The van der Waals surface area contributed by atoms with Crippen LogP contribution in [-0.4, -0.2) is 0 Å². The summed E-state index contributed by atoms with van der Waals surface area (Å²) in [4.78, 5) is 0. The Morgan fingerprint density at radius 1 is 0.724 bits per heavy atom. The van der Waals surface area contributed by atoms with Gasteiger partial charge in [-0.3, -0.25) is 0 Å². The Balaban J connectivity index is 1.67. The standard InChI is InChI=1S/C28H24O/c1-2-8-21-13-16-24(17-14-21)28(23-10-4-3-5-11-23)20-19-26-25-12-7-6-9-22(25)15-18-27(26)29-28/h3-7,9-20H,2,8H2,1H3. The van der Waals surface area contributed by atoms with Gasteiger partial charge in [0.15, 0.2) is 5.60 Å². The summed E-state index contributed by atoms with van der Waals surface area (Å²) in [6.45, 7) is 2.22. The first-order chi connectivity index (χ1) is 14.3. The molecule has 5 rings (SSSR count). The van der Waals surface area contributed by atoms with Crippen LogP contribution in [0.5, 0.6) is 5.75 Å². The van der Waals surface area contributed by atoms with Gasteiger partial charge in [-0.15, -0.1) is 0 Å². The molecule has 0 fully saturated rings. The van der Waals surface area contributed by atoms with Gasteiger partial charge in [-0.25, -0.2) is 0 Å². The molecule has 1 aliphatic heterocycles. The number of benzene rings is 4. The molecular formula is C28H24O. The monoisotopic (exact) mass is 376 g/mol. The Morgan fingerprint density at radius 3 is 2.24 bits per heavy atom. The average Bonchev–Trinajstić information content (AvgIpc) is 2.80. The van der Waals surface area contributed by atoms with Crippen molar-refractivity contribution >= 4 is 16.8 Å². The zero-order chi connectivity index (χ0) is 19.7. The first kappa shape index (κ1) is 17.8. The zero-order valence-corrected chi connectivity index (χ0v) is 16.6. The van der Waals surface area contributed by atoms with E-state index in [0.717, 1.165) is 35.3 Å². The van der Waals surface area contributed by atoms with Gasteiger partial charge >= 0.3 is 0 Å². The van der Waals surface area contributed by atoms with Crippen molar-refractivity contribution in [1.82, 2.24) is 0 Å². The summed E-state index contributed by atoms with van der Waals surface area (Å²) in [5.74, 6) is 0.924. The molecule has 4 aromatic rings. The molecule has 0 aliphatic carbocycles. The largest absolute Gasteiger partial charge is 0.473 e. The fourth-order valence-corrected chi connectivity index (χ4v) is 4.32. The second kappa shape index (κ2) is 7.25. The Labute approximate surface area is 172 Å². The lowest BCUT2D eigenvalue weighted by molar-refractivity contribution is 0.161. The quantitative estimate of drug-likeness (QED) is 0.368. The predicted molar refractivity (Wildman–Crippen MR) is 121 cm³/mol. The van der Waals surface area contributed by atoms with Crippen LogP contribution in [0.15, 0.2) is 97.1 Å². The molecule has 29 heavy (non-hydrogen) atoms. The van der Waals surface area contributed by atoms with Crippen LogP contribution in [0.4, 0.5) is 0 Å². The minimum atomic E-state index is -0.624. The molecule has 4 aromatic carbocycles. The van der Waals surface area contributed by atoms with Crippen molar-refractivity contribution < 1.29 is 4.74 Å². The van der Waals surface area contributed by atoms with Gasteiger partial charge in [-0.2, -0.15) is 0 Å². The van der Waals surface area contributed by atoms with Crippen molar-refractivity contribution in [3.63, 3.8) is 0 Å². The topological polar surface area (TPSA) is 9.23 Å². The van der Waals surface area contributed by atoms with Crippen molar-refractivity contribution in [3.05, 3.63) is 119 Å². The van der Waals surface area contributed by atoms with Crippen LogP contribution in [0, 0.1) is 0 Å². The molecule has 1 atom stereocenters. The van der Waals surface area contributed by atoms with E-state index in [0.29, 0.717) is 0 Å². The van der Waals surface area contributed by atoms with E-state index in [-0.39, 0.29) is 0 Å². The van der Waals surface area contributed by atoms with Crippen LogP contribution in [0.1, 0.15) is 35.6 Å². The molecular weight excluding hydrogens is 352 g/mol. The average molecular weight is 376 g/mol. The lowest BCUT2D eigenvalue weighted by Crippen LogP contribution is -2.34. The Bertz CT molecular complexity index is 1170. The number of rotatable bonds is 4. The summed E-state index contributed by atoms with van der Waals surface area (Å²) >= 11 is 0. The number of ether oxygens (including phenoxy) is 1. The molecule has 0 saturated carbocycles. The number of fused-ring (bicyclic) bond motifs is 3. The molecule has 0 amide bonds. The number of hydrogen-bond acceptors (Lipinski definition) is 1. The lowest BCUT2D eigenvalue weighted by atomic mass is 9.83. The molecule has 1 nitrogen and oxygen atoms in total. The van der Waals surface area contributed by atoms with Crippen LogP contribution in [0.2, 0.25) is 0 Å². The lowest BCUT2D eigenvalue weighted by Gasteiger charge is -2.36. The van der Waals surface area contributed by atoms with Crippen LogP contribution in [0.25, 0.3) is 16.8 Å². The van der Waals surface area contributed by atoms with Crippen molar-refractivity contribution in [2.75, 3.05) is 0 Å². The van der Waals surface area contributed by atoms with E-state index in [1.807, 2.05) is 0 Å². The minimum absolute atomic E-state index is 0.624. The second-order valence-electron chi connectivity index (χ2n) is 7.68. The van der Waals surface area contributed by atoms with E-state index < -0.39 is 5.60 Å². The van der Waals surface area contributed by atoms with Gasteiger partial charge in [0, 0.05) is 16.7 Å². The maximum Gasteiger partial charge on any atom is 0.178 e. The van der Waals surface area contributed by atoms with Crippen molar-refractivity contribution in [1.29, 1.82) is 0 Å². The van der Waals surface area contributed by atoms with E-state index in [9.17, 15) is 0 Å². The highest BCUT2D eigenvalue weighted by atomic mass is 16.5. The van der Waals surface area contributed by atoms with Crippen molar-refractivity contribution in [2.24, 2.45) is 0 Å². The van der Waals surface area contributed by atoms with Crippen molar-refractivity contribution in [3.8, 4) is 5.75 Å². The van der Waals surface area contributed by atoms with Gasteiger partial charge in [-0.05, 0) is 41.0 Å². The molecule has 1 aliphatic rings. The van der Waals surface area contributed by atoms with E-state index >= 15 is 0 Å². The van der Waals surface area contributed by atoms with Crippen LogP contribution in [-0.2, 0) is 12.0 Å². The number of aryl methyl sites for hydroxylation is 1. The maximum atomic E-state index is 6.81. The predicted octanol–water partition coefficient (Wildman–Crippen LogP) is 7.14. The van der Waals surface area contributed by atoms with Crippen molar-refractivity contribution in [2.45, 2.75) is 25.4 Å². The molecule has 0 radical (unpaired) electrons. The SMILES string of the molecule is CCCc1ccc(C2(c3ccccc3)C=Cc3c(ccc4ccccc34)O2)cc1. The Morgan fingerprint density at radius 2 is 1.45 bits per heavy atom. The van der Waals surface area contributed by atoms with Crippen LogP contribution in [0.3, 0.4) is 0 Å². The van der Waals surface area contributed by atoms with Gasteiger partial charge in [0.05, 0.1) is 0 Å². The third kappa shape index (κ3) is 3.03. The summed E-state index contributed by atoms with van der Waals surface area (Å²) < 4.78 is 6.81. The summed E-state index contributed by atoms with van der Waals surface area (Å²) in [5.41, 5.74) is 4.18. The highest BCUT2D eigenvalue weighted by Crippen LogP contribution is 2.44.